The number of hydrogen-bond donors (Lipinski definition) is 2. The summed E-state index contributed by atoms with van der Waals surface area (Å²) in [6.45, 7) is 2.14. The Hall–Kier alpha value is -1.11. The van der Waals surface area contributed by atoms with Gasteiger partial charge in [-0.3, -0.25) is 9.42 Å². The molecular formula is C13H20NO6P. The molecule has 1 aromatic rings. The highest BCUT2D eigenvalue weighted by Gasteiger charge is 2.18. The molecule has 0 saturated heterocycles. The van der Waals surface area contributed by atoms with Crippen LogP contribution in [0.4, 0.5) is 0 Å². The number of benzene rings is 1. The molecule has 0 bridgehead atoms. The summed E-state index contributed by atoms with van der Waals surface area (Å²) in [5, 5.41) is 0. The van der Waals surface area contributed by atoms with Gasteiger partial charge in [0, 0.05) is 6.04 Å². The molecule has 8 heteroatoms. The average Bonchev–Trinajstić information content (AvgIpc) is 2.88. The number of phosphoric ester groups is 1. The van der Waals surface area contributed by atoms with E-state index in [1.807, 2.05) is 25.1 Å². The Morgan fingerprint density at radius 3 is 2.81 bits per heavy atom. The van der Waals surface area contributed by atoms with E-state index in [2.05, 4.69) is 4.52 Å². The van der Waals surface area contributed by atoms with E-state index >= 15 is 0 Å². The van der Waals surface area contributed by atoms with Gasteiger partial charge in [-0.1, -0.05) is 6.07 Å². The maximum atomic E-state index is 10.7. The predicted octanol–water partition coefficient (Wildman–Crippen LogP) is 1.74. The second kappa shape index (κ2) is 6.77. The van der Waals surface area contributed by atoms with Gasteiger partial charge in [-0.05, 0) is 44.5 Å². The molecule has 0 unspecified atom stereocenters. The molecule has 1 aliphatic rings. The lowest BCUT2D eigenvalue weighted by Gasteiger charge is -2.24. The zero-order valence-electron chi connectivity index (χ0n) is 12.1. The SMILES string of the molecule is C[C@H](CCc1ccc2c(c1)OCO2)N(C)COP(=O)(O)O. The first-order valence-corrected chi connectivity index (χ1v) is 8.17. The fourth-order valence-corrected chi connectivity index (χ4v) is 2.32. The smallest absolute Gasteiger partial charge is 0.454 e. The van der Waals surface area contributed by atoms with Crippen LogP contribution >= 0.6 is 7.82 Å². The minimum absolute atomic E-state index is 0.105. The van der Waals surface area contributed by atoms with E-state index in [1.165, 1.54) is 0 Å². The van der Waals surface area contributed by atoms with Gasteiger partial charge in [0.25, 0.3) is 0 Å². The Morgan fingerprint density at radius 1 is 1.38 bits per heavy atom. The molecule has 2 N–H and O–H groups in total. The Bertz CT molecular complexity index is 531. The highest BCUT2D eigenvalue weighted by atomic mass is 31.2. The molecular weight excluding hydrogens is 297 g/mol. The van der Waals surface area contributed by atoms with E-state index in [-0.39, 0.29) is 19.6 Å². The molecule has 0 spiro atoms. The second-order valence-electron chi connectivity index (χ2n) is 5.08. The summed E-state index contributed by atoms with van der Waals surface area (Å²) < 4.78 is 25.7. The summed E-state index contributed by atoms with van der Waals surface area (Å²) in [6, 6.07) is 5.97. The van der Waals surface area contributed by atoms with E-state index in [4.69, 9.17) is 19.3 Å². The van der Waals surface area contributed by atoms with Crippen LogP contribution in [-0.2, 0) is 15.5 Å². The molecule has 0 aromatic heterocycles. The van der Waals surface area contributed by atoms with E-state index in [0.717, 1.165) is 29.9 Å². The number of rotatable bonds is 7. The van der Waals surface area contributed by atoms with Gasteiger partial charge in [-0.25, -0.2) is 4.57 Å². The number of phosphoric acid groups is 1. The van der Waals surface area contributed by atoms with Crippen LogP contribution in [0.3, 0.4) is 0 Å². The molecule has 0 aliphatic carbocycles. The summed E-state index contributed by atoms with van der Waals surface area (Å²) in [5.74, 6) is 1.53. The van der Waals surface area contributed by atoms with Crippen molar-refractivity contribution in [2.75, 3.05) is 20.6 Å². The van der Waals surface area contributed by atoms with Crippen molar-refractivity contribution < 1.29 is 28.3 Å². The van der Waals surface area contributed by atoms with Gasteiger partial charge in [-0.15, -0.1) is 0 Å². The van der Waals surface area contributed by atoms with Crippen molar-refractivity contribution in [1.82, 2.24) is 4.90 Å². The van der Waals surface area contributed by atoms with Crippen molar-refractivity contribution in [2.45, 2.75) is 25.8 Å². The lowest BCUT2D eigenvalue weighted by molar-refractivity contribution is 0.0831. The van der Waals surface area contributed by atoms with Crippen LogP contribution in [0.15, 0.2) is 18.2 Å². The van der Waals surface area contributed by atoms with E-state index in [9.17, 15) is 4.57 Å². The number of aryl methyl sites for hydroxylation is 1. The third kappa shape index (κ3) is 4.98. The fraction of sp³-hybridized carbons (Fsp3) is 0.538. The first-order chi connectivity index (χ1) is 9.85. The molecule has 2 rings (SSSR count). The molecule has 1 aromatic carbocycles. The zero-order chi connectivity index (χ0) is 15.5. The van der Waals surface area contributed by atoms with Crippen molar-refractivity contribution in [1.29, 1.82) is 0 Å². The monoisotopic (exact) mass is 317 g/mol. The predicted molar refractivity (Wildman–Crippen MR) is 76.1 cm³/mol. The van der Waals surface area contributed by atoms with E-state index in [0.29, 0.717) is 0 Å². The van der Waals surface area contributed by atoms with Crippen LogP contribution in [0.5, 0.6) is 11.5 Å². The van der Waals surface area contributed by atoms with Crippen LogP contribution in [-0.4, -0.2) is 41.3 Å². The summed E-state index contributed by atoms with van der Waals surface area (Å²) in [7, 11) is -2.65. The Kier molecular flexibility index (Phi) is 5.24. The van der Waals surface area contributed by atoms with Crippen molar-refractivity contribution >= 4 is 7.82 Å². The Labute approximate surface area is 123 Å². The quantitative estimate of drug-likeness (QED) is 0.585. The zero-order valence-corrected chi connectivity index (χ0v) is 13.0. The Morgan fingerprint density at radius 2 is 2.10 bits per heavy atom. The van der Waals surface area contributed by atoms with Gasteiger partial charge in [0.1, 0.15) is 6.73 Å². The van der Waals surface area contributed by atoms with Crippen LogP contribution in [0.2, 0.25) is 0 Å². The van der Waals surface area contributed by atoms with E-state index < -0.39 is 7.82 Å². The largest absolute Gasteiger partial charge is 0.470 e. The first kappa shape index (κ1) is 16.3. The number of hydrogen-bond acceptors (Lipinski definition) is 5. The number of nitrogens with zero attached hydrogens (tertiary/aromatic N) is 1. The topological polar surface area (TPSA) is 88.5 Å². The van der Waals surface area contributed by atoms with Crippen LogP contribution in [0.1, 0.15) is 18.9 Å². The number of fused-ring (bicyclic) bond motifs is 1. The lowest BCUT2D eigenvalue weighted by Crippen LogP contribution is -2.31. The van der Waals surface area contributed by atoms with Gasteiger partial charge in [0.05, 0.1) is 0 Å². The minimum Gasteiger partial charge on any atom is -0.454 e. The molecule has 1 atom stereocenters. The summed E-state index contributed by atoms with van der Waals surface area (Å²) in [6.07, 6.45) is 1.67. The third-order valence-electron chi connectivity index (χ3n) is 3.47. The van der Waals surface area contributed by atoms with Crippen molar-refractivity contribution in [3.63, 3.8) is 0 Å². The number of ether oxygens (including phenoxy) is 2. The van der Waals surface area contributed by atoms with Crippen molar-refractivity contribution in [2.24, 2.45) is 0 Å². The van der Waals surface area contributed by atoms with Crippen molar-refractivity contribution in [3.05, 3.63) is 23.8 Å². The summed E-state index contributed by atoms with van der Waals surface area (Å²) in [4.78, 5) is 19.1. The molecule has 0 radical (unpaired) electrons. The summed E-state index contributed by atoms with van der Waals surface area (Å²) >= 11 is 0. The molecule has 1 aliphatic heterocycles. The normalized spacial score (nSPS) is 15.5. The van der Waals surface area contributed by atoms with Gasteiger partial charge in [0.2, 0.25) is 6.79 Å². The molecule has 7 nitrogen and oxygen atoms in total. The standard InChI is InChI=1S/C13H20NO6P/c1-10(14(2)8-20-21(15,16)17)3-4-11-5-6-12-13(7-11)19-9-18-12/h5-7,10H,3-4,8-9H2,1-2H3,(H2,15,16,17)/t10-/m1/s1. The van der Waals surface area contributed by atoms with Crippen molar-refractivity contribution in [3.8, 4) is 11.5 Å². The average molecular weight is 317 g/mol. The second-order valence-corrected chi connectivity index (χ2v) is 6.32. The van der Waals surface area contributed by atoms with Gasteiger partial charge in [-0.2, -0.15) is 0 Å². The highest BCUT2D eigenvalue weighted by molar-refractivity contribution is 7.46. The van der Waals surface area contributed by atoms with E-state index in [1.54, 1.807) is 11.9 Å². The van der Waals surface area contributed by atoms with Gasteiger partial charge < -0.3 is 19.3 Å². The molecule has 0 saturated carbocycles. The molecule has 1 heterocycles. The first-order valence-electron chi connectivity index (χ1n) is 6.64. The molecule has 0 amide bonds. The molecule has 21 heavy (non-hydrogen) atoms. The fourth-order valence-electron chi connectivity index (χ4n) is 1.99. The third-order valence-corrected chi connectivity index (χ3v) is 3.92. The maximum absolute atomic E-state index is 10.7. The summed E-state index contributed by atoms with van der Waals surface area (Å²) in [5.41, 5.74) is 1.13. The highest BCUT2D eigenvalue weighted by Crippen LogP contribution is 2.36. The van der Waals surface area contributed by atoms with Crippen LogP contribution in [0, 0.1) is 0 Å². The lowest BCUT2D eigenvalue weighted by atomic mass is 10.1. The van der Waals surface area contributed by atoms with Crippen LogP contribution < -0.4 is 9.47 Å². The maximum Gasteiger partial charge on any atom is 0.470 e. The van der Waals surface area contributed by atoms with Crippen LogP contribution in [0.25, 0.3) is 0 Å². The minimum atomic E-state index is -4.42. The Balaban J connectivity index is 1.80. The molecule has 0 fully saturated rings. The molecule has 118 valence electrons. The van der Waals surface area contributed by atoms with Gasteiger partial charge in [0.15, 0.2) is 11.5 Å². The van der Waals surface area contributed by atoms with Gasteiger partial charge >= 0.3 is 7.82 Å².